The third kappa shape index (κ3) is 1.91. The summed E-state index contributed by atoms with van der Waals surface area (Å²) < 4.78 is 0. The number of allylic oxidation sites excluding steroid dienone is 1. The number of rotatable bonds is 1. The second-order valence-electron chi connectivity index (χ2n) is 7.59. The summed E-state index contributed by atoms with van der Waals surface area (Å²) >= 11 is 0. The van der Waals surface area contributed by atoms with Gasteiger partial charge in [0.05, 0.1) is 5.56 Å². The number of likely N-dealkylation sites (N-methyl/N-ethyl adjacent to an activating group) is 1. The summed E-state index contributed by atoms with van der Waals surface area (Å²) in [5.74, 6) is 0.0916. The summed E-state index contributed by atoms with van der Waals surface area (Å²) in [6.45, 7) is 5.26. The van der Waals surface area contributed by atoms with Crippen LogP contribution in [0.5, 0.6) is 5.75 Å². The number of fused-ring (bicyclic) bond motifs is 1. The number of aromatic hydroxyl groups is 1. The van der Waals surface area contributed by atoms with Gasteiger partial charge in [-0.1, -0.05) is 18.2 Å². The van der Waals surface area contributed by atoms with E-state index < -0.39 is 5.91 Å². The average molecular weight is 312 g/mol. The van der Waals surface area contributed by atoms with Gasteiger partial charge in [0, 0.05) is 17.0 Å². The van der Waals surface area contributed by atoms with Crippen LogP contribution in [0.4, 0.5) is 0 Å². The zero-order chi connectivity index (χ0) is 16.4. The molecule has 3 aliphatic rings. The van der Waals surface area contributed by atoms with Crippen LogP contribution >= 0.6 is 0 Å². The predicted molar refractivity (Wildman–Crippen MR) is 89.5 cm³/mol. The highest BCUT2D eigenvalue weighted by molar-refractivity contribution is 5.96. The predicted octanol–water partition coefficient (Wildman–Crippen LogP) is 2.35. The molecule has 1 aliphatic heterocycles. The Hall–Kier alpha value is -1.81. The Morgan fingerprint density at radius 1 is 1.48 bits per heavy atom. The molecule has 2 bridgehead atoms. The van der Waals surface area contributed by atoms with Gasteiger partial charge in [-0.25, -0.2) is 0 Å². The molecular formula is C19H24N2O2. The minimum Gasteiger partial charge on any atom is -0.507 e. The third-order valence-electron chi connectivity index (χ3n) is 6.48. The van der Waals surface area contributed by atoms with E-state index in [4.69, 9.17) is 5.73 Å². The second kappa shape index (κ2) is 4.84. The zero-order valence-electron chi connectivity index (χ0n) is 13.6. The molecule has 2 fully saturated rings. The molecule has 4 rings (SSSR count). The lowest BCUT2D eigenvalue weighted by atomic mass is 9.51. The molecule has 0 aromatic heterocycles. The van der Waals surface area contributed by atoms with Crippen molar-refractivity contribution in [3.05, 3.63) is 41.0 Å². The number of carbonyl (C=O) groups is 1. The van der Waals surface area contributed by atoms with E-state index in [1.807, 2.05) is 6.07 Å². The van der Waals surface area contributed by atoms with E-state index in [0.29, 0.717) is 12.0 Å². The molecule has 23 heavy (non-hydrogen) atoms. The number of likely N-dealkylation sites (tertiary alicyclic amines) is 1. The Balaban J connectivity index is 1.97. The largest absolute Gasteiger partial charge is 0.507 e. The Morgan fingerprint density at radius 2 is 2.26 bits per heavy atom. The second-order valence-corrected chi connectivity index (χ2v) is 7.59. The van der Waals surface area contributed by atoms with E-state index in [1.54, 1.807) is 6.07 Å². The zero-order valence-corrected chi connectivity index (χ0v) is 13.6. The topological polar surface area (TPSA) is 66.6 Å². The average Bonchev–Trinajstić information content (AvgIpc) is 2.50. The van der Waals surface area contributed by atoms with Crippen LogP contribution in [0.15, 0.2) is 24.3 Å². The number of nitrogens with two attached hydrogens (primary N) is 1. The van der Waals surface area contributed by atoms with E-state index in [2.05, 4.69) is 18.5 Å². The molecule has 1 saturated carbocycles. The molecule has 0 spiro atoms. The van der Waals surface area contributed by atoms with Crippen LogP contribution in [-0.2, 0) is 11.8 Å². The van der Waals surface area contributed by atoms with Gasteiger partial charge >= 0.3 is 0 Å². The molecule has 4 heteroatoms. The van der Waals surface area contributed by atoms with Crippen LogP contribution in [-0.4, -0.2) is 35.5 Å². The van der Waals surface area contributed by atoms with Crippen molar-refractivity contribution in [2.75, 3.05) is 13.6 Å². The first kappa shape index (κ1) is 14.8. The maximum Gasteiger partial charge on any atom is 0.252 e. The van der Waals surface area contributed by atoms with Gasteiger partial charge in [-0.15, -0.1) is 0 Å². The van der Waals surface area contributed by atoms with Gasteiger partial charge in [0.2, 0.25) is 0 Å². The van der Waals surface area contributed by atoms with Crippen molar-refractivity contribution in [2.45, 2.75) is 43.6 Å². The van der Waals surface area contributed by atoms with Crippen molar-refractivity contribution < 1.29 is 9.90 Å². The maximum absolute atomic E-state index is 11.7. The van der Waals surface area contributed by atoms with Crippen molar-refractivity contribution in [2.24, 2.45) is 11.7 Å². The molecule has 4 nitrogen and oxygen atoms in total. The highest BCUT2D eigenvalue weighted by atomic mass is 16.3. The fourth-order valence-electron chi connectivity index (χ4n) is 5.46. The Kier molecular flexibility index (Phi) is 3.11. The fraction of sp³-hybridized carbons (Fsp3) is 0.526. The molecule has 1 heterocycles. The van der Waals surface area contributed by atoms with Gasteiger partial charge in [0.25, 0.3) is 5.91 Å². The summed E-state index contributed by atoms with van der Waals surface area (Å²) in [6.07, 6.45) is 5.06. The first-order valence-corrected chi connectivity index (χ1v) is 8.46. The van der Waals surface area contributed by atoms with E-state index in [-0.39, 0.29) is 16.7 Å². The van der Waals surface area contributed by atoms with Crippen molar-refractivity contribution in [3.8, 4) is 5.75 Å². The number of primary amides is 1. The number of phenols is 1. The van der Waals surface area contributed by atoms with Gasteiger partial charge in [0.1, 0.15) is 5.75 Å². The molecule has 1 amide bonds. The first-order valence-electron chi connectivity index (χ1n) is 8.46. The molecule has 3 unspecified atom stereocenters. The smallest absolute Gasteiger partial charge is 0.252 e. The number of amides is 1. The van der Waals surface area contributed by atoms with Crippen LogP contribution in [0.1, 0.15) is 47.2 Å². The standard InChI is InChI=1S/C19H24N2O2/c1-11-3-6-14-15-9-12-4-5-13(18(20)23)17(22)16(12)19(14,10-11)7-8-21(15)2/h4-5,14-15,22H,1,3,6-10H2,2H3,(H2,20,23). The lowest BCUT2D eigenvalue weighted by Gasteiger charge is -2.58. The monoisotopic (exact) mass is 312 g/mol. The lowest BCUT2D eigenvalue weighted by molar-refractivity contribution is 0.0136. The molecule has 0 radical (unpaired) electrons. The quantitative estimate of drug-likeness (QED) is 0.782. The van der Waals surface area contributed by atoms with Crippen molar-refractivity contribution in [1.29, 1.82) is 0 Å². The summed E-state index contributed by atoms with van der Waals surface area (Å²) in [6, 6.07) is 4.19. The van der Waals surface area contributed by atoms with Crippen molar-refractivity contribution in [1.82, 2.24) is 4.90 Å². The Morgan fingerprint density at radius 3 is 3.00 bits per heavy atom. The Labute approximate surface area is 137 Å². The van der Waals surface area contributed by atoms with Gasteiger partial charge in [-0.3, -0.25) is 4.79 Å². The maximum atomic E-state index is 11.7. The molecule has 3 N–H and O–H groups in total. The van der Waals surface area contributed by atoms with Crippen molar-refractivity contribution in [3.63, 3.8) is 0 Å². The number of carbonyl (C=O) groups excluding carboxylic acids is 1. The molecule has 3 atom stereocenters. The summed E-state index contributed by atoms with van der Waals surface area (Å²) in [5.41, 5.74) is 9.08. The fourth-order valence-corrected chi connectivity index (χ4v) is 5.46. The number of hydrogen-bond acceptors (Lipinski definition) is 3. The molecule has 122 valence electrons. The number of nitrogens with zero attached hydrogens (tertiary/aromatic N) is 1. The Bertz CT molecular complexity index is 712. The van der Waals surface area contributed by atoms with Crippen LogP contribution < -0.4 is 5.73 Å². The van der Waals surface area contributed by atoms with Crippen molar-refractivity contribution >= 4 is 5.91 Å². The van der Waals surface area contributed by atoms with Gasteiger partial charge < -0.3 is 15.7 Å². The van der Waals surface area contributed by atoms with Crippen LogP contribution in [0, 0.1) is 5.92 Å². The van der Waals surface area contributed by atoms with Gasteiger partial charge in [-0.05, 0) is 63.2 Å². The van der Waals surface area contributed by atoms with Gasteiger partial charge in [0.15, 0.2) is 0 Å². The van der Waals surface area contributed by atoms with Crippen LogP contribution in [0.2, 0.25) is 0 Å². The van der Waals surface area contributed by atoms with E-state index in [9.17, 15) is 9.90 Å². The minimum absolute atomic E-state index is 0.0738. The number of piperidine rings is 1. The van der Waals surface area contributed by atoms with Crippen LogP contribution in [0.25, 0.3) is 0 Å². The lowest BCUT2D eigenvalue weighted by Crippen LogP contribution is -2.60. The third-order valence-corrected chi connectivity index (χ3v) is 6.48. The molecule has 2 aliphatic carbocycles. The minimum atomic E-state index is -0.553. The van der Waals surface area contributed by atoms with Crippen LogP contribution in [0.3, 0.4) is 0 Å². The molecule has 1 saturated heterocycles. The SMILES string of the molecule is C=C1CCC2C3Cc4ccc(C(N)=O)c(O)c4C2(CCN3C)C1. The first-order chi connectivity index (χ1) is 10.9. The number of benzene rings is 1. The molecule has 1 aromatic rings. The summed E-state index contributed by atoms with van der Waals surface area (Å²) in [5, 5.41) is 10.9. The van der Waals surface area contributed by atoms with E-state index in [0.717, 1.165) is 44.2 Å². The normalized spacial score (nSPS) is 33.0. The molecule has 1 aromatic carbocycles. The van der Waals surface area contributed by atoms with E-state index in [1.165, 1.54) is 11.1 Å². The summed E-state index contributed by atoms with van der Waals surface area (Å²) in [7, 11) is 2.21. The number of hydrogen-bond donors (Lipinski definition) is 2. The highest BCUT2D eigenvalue weighted by Gasteiger charge is 2.55. The van der Waals surface area contributed by atoms with E-state index >= 15 is 0 Å². The summed E-state index contributed by atoms with van der Waals surface area (Å²) in [4.78, 5) is 14.2. The van der Waals surface area contributed by atoms with Gasteiger partial charge in [-0.2, -0.15) is 0 Å². The highest BCUT2D eigenvalue weighted by Crippen LogP contribution is 2.58. The molecular weight excluding hydrogens is 288 g/mol.